The highest BCUT2D eigenvalue weighted by Gasteiger charge is 2.26. The van der Waals surface area contributed by atoms with Gasteiger partial charge in [-0.05, 0) is 5.56 Å². The Hall–Kier alpha value is -3.18. The van der Waals surface area contributed by atoms with Gasteiger partial charge in [-0.25, -0.2) is 4.98 Å². The van der Waals surface area contributed by atoms with Crippen LogP contribution in [0.3, 0.4) is 0 Å². The van der Waals surface area contributed by atoms with Gasteiger partial charge < -0.3 is 9.80 Å². The van der Waals surface area contributed by atoms with Gasteiger partial charge in [0.2, 0.25) is 0 Å². The molecule has 32 heavy (non-hydrogen) atoms. The molecule has 1 N–H and O–H groups in total. The van der Waals surface area contributed by atoms with Crippen molar-refractivity contribution < 1.29 is 4.90 Å². The molecule has 5 nitrogen and oxygen atoms in total. The van der Waals surface area contributed by atoms with Crippen molar-refractivity contribution in [2.45, 2.75) is 32.7 Å². The van der Waals surface area contributed by atoms with Crippen LogP contribution < -0.4 is 9.80 Å². The molecule has 0 atom stereocenters. The second-order valence-corrected chi connectivity index (χ2v) is 9.81. The minimum Gasteiger partial charge on any atom is -0.345 e. The van der Waals surface area contributed by atoms with Gasteiger partial charge in [-0.3, -0.25) is 0 Å². The fourth-order valence-electron chi connectivity index (χ4n) is 4.49. The molecule has 164 valence electrons. The third-order valence-corrected chi connectivity index (χ3v) is 6.40. The molecule has 4 aromatic rings. The van der Waals surface area contributed by atoms with Crippen LogP contribution in [0.15, 0.2) is 72.9 Å². The average molecular weight is 427 g/mol. The smallest absolute Gasteiger partial charge is 0.165 e. The van der Waals surface area contributed by atoms with Crippen LogP contribution in [0.2, 0.25) is 0 Å². The Morgan fingerprint density at radius 1 is 0.906 bits per heavy atom. The van der Waals surface area contributed by atoms with Crippen LogP contribution in [0.1, 0.15) is 32.0 Å². The summed E-state index contributed by atoms with van der Waals surface area (Å²) in [6.07, 6.45) is 1.96. The maximum Gasteiger partial charge on any atom is 0.165 e. The van der Waals surface area contributed by atoms with Crippen LogP contribution in [0.4, 0.5) is 5.82 Å². The van der Waals surface area contributed by atoms with E-state index in [1.807, 2.05) is 16.8 Å². The molecule has 5 heteroatoms. The lowest BCUT2D eigenvalue weighted by Crippen LogP contribution is -3.13. The lowest BCUT2D eigenvalue weighted by molar-refractivity contribution is -0.914. The highest BCUT2D eigenvalue weighted by Crippen LogP contribution is 2.30. The predicted octanol–water partition coefficient (Wildman–Crippen LogP) is 3.60. The Labute approximate surface area is 190 Å². The first-order valence-electron chi connectivity index (χ1n) is 11.6. The van der Waals surface area contributed by atoms with E-state index in [2.05, 4.69) is 86.3 Å². The SMILES string of the molecule is CC(C)(C)c1cc(N2CC[NH+](Cc3ccccc3)CC2)n2ncc(-c3ccccc3)c2n1. The van der Waals surface area contributed by atoms with Crippen LogP contribution in [-0.4, -0.2) is 40.8 Å². The number of hydrogen-bond donors (Lipinski definition) is 1. The van der Waals surface area contributed by atoms with Gasteiger partial charge in [-0.2, -0.15) is 9.61 Å². The molecule has 2 aromatic carbocycles. The summed E-state index contributed by atoms with van der Waals surface area (Å²) in [5.74, 6) is 1.15. The Bertz CT molecular complexity index is 1180. The second kappa shape index (κ2) is 8.40. The van der Waals surface area contributed by atoms with Gasteiger partial charge >= 0.3 is 0 Å². The molecule has 0 spiro atoms. The Morgan fingerprint density at radius 2 is 1.56 bits per heavy atom. The highest BCUT2D eigenvalue weighted by atomic mass is 15.4. The number of rotatable bonds is 4. The molecule has 2 aromatic heterocycles. The Kier molecular flexibility index (Phi) is 5.43. The number of quaternary nitrogens is 1. The van der Waals surface area contributed by atoms with E-state index in [1.165, 1.54) is 5.56 Å². The molecule has 0 bridgehead atoms. The maximum absolute atomic E-state index is 5.08. The van der Waals surface area contributed by atoms with E-state index in [4.69, 9.17) is 10.1 Å². The van der Waals surface area contributed by atoms with Gasteiger partial charge in [0.15, 0.2) is 5.65 Å². The number of aromatic nitrogens is 3. The fourth-order valence-corrected chi connectivity index (χ4v) is 4.49. The van der Waals surface area contributed by atoms with E-state index in [0.29, 0.717) is 0 Å². The van der Waals surface area contributed by atoms with Crippen molar-refractivity contribution in [3.05, 3.63) is 84.2 Å². The molecule has 0 aliphatic carbocycles. The number of benzene rings is 2. The zero-order chi connectivity index (χ0) is 22.1. The highest BCUT2D eigenvalue weighted by molar-refractivity contribution is 5.78. The predicted molar refractivity (Wildman–Crippen MR) is 130 cm³/mol. The molecule has 1 saturated heterocycles. The third-order valence-electron chi connectivity index (χ3n) is 6.40. The standard InChI is InChI=1S/C27H31N5/c1-27(2,3)24-18-25(31-16-14-30(15-17-31)20-21-10-6-4-7-11-21)32-26(29-24)23(19-28-32)22-12-8-5-9-13-22/h4-13,18-19H,14-17,20H2,1-3H3/p+1. The van der Waals surface area contributed by atoms with Gasteiger partial charge in [0, 0.05) is 22.6 Å². The van der Waals surface area contributed by atoms with E-state index < -0.39 is 0 Å². The molecule has 0 unspecified atom stereocenters. The molecule has 3 heterocycles. The second-order valence-electron chi connectivity index (χ2n) is 9.81. The Morgan fingerprint density at radius 3 is 2.22 bits per heavy atom. The number of fused-ring (bicyclic) bond motifs is 1. The summed E-state index contributed by atoms with van der Waals surface area (Å²) < 4.78 is 2.04. The minimum atomic E-state index is -0.0326. The van der Waals surface area contributed by atoms with Crippen LogP contribution in [-0.2, 0) is 12.0 Å². The van der Waals surface area contributed by atoms with E-state index in [-0.39, 0.29) is 5.41 Å². The normalized spacial score (nSPS) is 15.4. The van der Waals surface area contributed by atoms with Gasteiger partial charge in [0.25, 0.3) is 0 Å². The molecule has 1 fully saturated rings. The van der Waals surface area contributed by atoms with Gasteiger partial charge in [-0.15, -0.1) is 0 Å². The molecule has 5 rings (SSSR count). The quantitative estimate of drug-likeness (QED) is 0.542. The number of anilines is 1. The third kappa shape index (κ3) is 4.13. The molecular weight excluding hydrogens is 394 g/mol. The van der Waals surface area contributed by atoms with Gasteiger partial charge in [-0.1, -0.05) is 81.4 Å². The molecule has 0 amide bonds. The first-order chi connectivity index (χ1) is 15.5. The molecule has 1 aliphatic heterocycles. The van der Waals surface area contributed by atoms with Crippen molar-refractivity contribution in [2.24, 2.45) is 0 Å². The number of hydrogen-bond acceptors (Lipinski definition) is 3. The van der Waals surface area contributed by atoms with Crippen molar-refractivity contribution in [3.63, 3.8) is 0 Å². The average Bonchev–Trinajstić information content (AvgIpc) is 3.24. The van der Waals surface area contributed by atoms with Crippen molar-refractivity contribution in [2.75, 3.05) is 31.1 Å². The molecule has 0 radical (unpaired) electrons. The van der Waals surface area contributed by atoms with Gasteiger partial charge in [0.05, 0.1) is 38.1 Å². The number of nitrogens with one attached hydrogen (secondary N) is 1. The summed E-state index contributed by atoms with van der Waals surface area (Å²) >= 11 is 0. The zero-order valence-electron chi connectivity index (χ0n) is 19.3. The van der Waals surface area contributed by atoms with E-state index in [9.17, 15) is 0 Å². The van der Waals surface area contributed by atoms with Crippen LogP contribution >= 0.6 is 0 Å². The maximum atomic E-state index is 5.08. The van der Waals surface area contributed by atoms with Crippen molar-refractivity contribution in [1.29, 1.82) is 0 Å². The molecular formula is C27H32N5+. The van der Waals surface area contributed by atoms with E-state index in [1.54, 1.807) is 4.90 Å². The first-order valence-corrected chi connectivity index (χ1v) is 11.6. The van der Waals surface area contributed by atoms with Crippen molar-refractivity contribution in [3.8, 4) is 11.1 Å². The van der Waals surface area contributed by atoms with E-state index >= 15 is 0 Å². The summed E-state index contributed by atoms with van der Waals surface area (Å²) in [4.78, 5) is 9.20. The van der Waals surface area contributed by atoms with Crippen molar-refractivity contribution in [1.82, 2.24) is 14.6 Å². The molecule has 1 aliphatic rings. The zero-order valence-corrected chi connectivity index (χ0v) is 19.3. The summed E-state index contributed by atoms with van der Waals surface area (Å²) in [7, 11) is 0. The summed E-state index contributed by atoms with van der Waals surface area (Å²) in [6, 6.07) is 23.5. The van der Waals surface area contributed by atoms with Crippen LogP contribution in [0.25, 0.3) is 16.8 Å². The first kappa shape index (κ1) is 20.7. The molecule has 0 saturated carbocycles. The fraction of sp³-hybridized carbons (Fsp3) is 0.333. The lowest BCUT2D eigenvalue weighted by Gasteiger charge is -2.34. The monoisotopic (exact) mass is 426 g/mol. The van der Waals surface area contributed by atoms with Crippen LogP contribution in [0, 0.1) is 0 Å². The topological polar surface area (TPSA) is 37.9 Å². The Balaban J connectivity index is 1.46. The van der Waals surface area contributed by atoms with Crippen LogP contribution in [0.5, 0.6) is 0 Å². The summed E-state index contributed by atoms with van der Waals surface area (Å²) in [5, 5.41) is 4.79. The lowest BCUT2D eigenvalue weighted by atomic mass is 9.91. The minimum absolute atomic E-state index is 0.0326. The largest absolute Gasteiger partial charge is 0.345 e. The number of piperazine rings is 1. The number of nitrogens with zero attached hydrogens (tertiary/aromatic N) is 4. The van der Waals surface area contributed by atoms with E-state index in [0.717, 1.165) is 61.0 Å². The summed E-state index contributed by atoms with van der Waals surface area (Å²) in [6.45, 7) is 12.1. The summed E-state index contributed by atoms with van der Waals surface area (Å²) in [5.41, 5.74) is 5.68. The van der Waals surface area contributed by atoms with Crippen molar-refractivity contribution >= 4 is 11.5 Å². The van der Waals surface area contributed by atoms with Gasteiger partial charge in [0.1, 0.15) is 12.4 Å².